The minimum atomic E-state index is -1.17. The number of carbonyl (C=O) groups is 2. The number of aliphatic carboxylic acids is 2. The van der Waals surface area contributed by atoms with Crippen LogP contribution in [-0.4, -0.2) is 41.8 Å². The van der Waals surface area contributed by atoms with Crippen LogP contribution in [0.5, 0.6) is 5.75 Å². The quantitative estimate of drug-likeness (QED) is 0.777. The van der Waals surface area contributed by atoms with E-state index in [4.69, 9.17) is 14.9 Å². The summed E-state index contributed by atoms with van der Waals surface area (Å²) < 4.78 is 5.28. The van der Waals surface area contributed by atoms with E-state index >= 15 is 0 Å². The van der Waals surface area contributed by atoms with Crippen molar-refractivity contribution in [1.82, 2.24) is 0 Å². The highest BCUT2D eigenvalue weighted by Gasteiger charge is 2.25. The Balaban J connectivity index is 2.86. The summed E-state index contributed by atoms with van der Waals surface area (Å²) in [4.78, 5) is 23.2. The molecule has 0 aromatic heterocycles. The first-order valence-corrected chi connectivity index (χ1v) is 5.86. The van der Waals surface area contributed by atoms with Crippen LogP contribution in [0.25, 0.3) is 0 Å². The third-order valence-electron chi connectivity index (χ3n) is 2.68. The second-order valence-electron chi connectivity index (χ2n) is 3.99. The molecule has 0 heterocycles. The SMILES string of the molecule is CCOc1ccc(N(C)C(CC(=O)O)C(=O)O)cc1. The Hall–Kier alpha value is -2.24. The Morgan fingerprint density at radius 2 is 1.84 bits per heavy atom. The molecule has 1 aromatic carbocycles. The maximum Gasteiger partial charge on any atom is 0.326 e. The summed E-state index contributed by atoms with van der Waals surface area (Å²) in [5.41, 5.74) is 0.622. The Morgan fingerprint density at radius 3 is 2.26 bits per heavy atom. The lowest BCUT2D eigenvalue weighted by molar-refractivity contribution is -0.145. The Kier molecular flexibility index (Phi) is 5.17. The first-order chi connectivity index (χ1) is 8.95. The predicted molar refractivity (Wildman–Crippen MR) is 69.7 cm³/mol. The minimum Gasteiger partial charge on any atom is -0.494 e. The number of benzene rings is 1. The number of carboxylic acids is 2. The molecule has 6 heteroatoms. The summed E-state index contributed by atoms with van der Waals surface area (Å²) in [7, 11) is 1.55. The van der Waals surface area contributed by atoms with Gasteiger partial charge in [-0.1, -0.05) is 0 Å². The number of hydrogen-bond donors (Lipinski definition) is 2. The maximum absolute atomic E-state index is 11.1. The van der Waals surface area contributed by atoms with Gasteiger partial charge in [-0.15, -0.1) is 0 Å². The number of likely N-dealkylation sites (N-methyl/N-ethyl adjacent to an activating group) is 1. The second-order valence-corrected chi connectivity index (χ2v) is 3.99. The fraction of sp³-hybridized carbons (Fsp3) is 0.385. The fourth-order valence-corrected chi connectivity index (χ4v) is 1.68. The molecule has 0 aliphatic rings. The molecule has 1 rings (SSSR count). The van der Waals surface area contributed by atoms with Crippen LogP contribution in [0.15, 0.2) is 24.3 Å². The van der Waals surface area contributed by atoms with E-state index in [2.05, 4.69) is 0 Å². The Morgan fingerprint density at radius 1 is 1.26 bits per heavy atom. The number of carboxylic acid groups (broad SMARTS) is 2. The Labute approximate surface area is 111 Å². The van der Waals surface area contributed by atoms with E-state index in [1.54, 1.807) is 31.3 Å². The molecule has 104 valence electrons. The molecular formula is C13H17NO5. The summed E-state index contributed by atoms with van der Waals surface area (Å²) in [6.45, 7) is 2.42. The van der Waals surface area contributed by atoms with Crippen LogP contribution in [0.4, 0.5) is 5.69 Å². The molecule has 0 amide bonds. The van der Waals surface area contributed by atoms with Gasteiger partial charge in [0.2, 0.25) is 0 Å². The van der Waals surface area contributed by atoms with Crippen LogP contribution in [0, 0.1) is 0 Å². The summed E-state index contributed by atoms with van der Waals surface area (Å²) in [6, 6.07) is 5.73. The van der Waals surface area contributed by atoms with Gasteiger partial charge in [-0.05, 0) is 31.2 Å². The van der Waals surface area contributed by atoms with E-state index in [9.17, 15) is 9.59 Å². The van der Waals surface area contributed by atoms with Crippen molar-refractivity contribution < 1.29 is 24.5 Å². The van der Waals surface area contributed by atoms with E-state index in [0.29, 0.717) is 18.0 Å². The van der Waals surface area contributed by atoms with Crippen molar-refractivity contribution in [2.24, 2.45) is 0 Å². The second kappa shape index (κ2) is 6.63. The summed E-state index contributed by atoms with van der Waals surface area (Å²) in [5, 5.41) is 17.8. The molecule has 0 radical (unpaired) electrons. The summed E-state index contributed by atoms with van der Waals surface area (Å²) >= 11 is 0. The number of hydrogen-bond acceptors (Lipinski definition) is 4. The van der Waals surface area contributed by atoms with Crippen LogP contribution in [0.2, 0.25) is 0 Å². The standard InChI is InChI=1S/C13H17NO5/c1-3-19-10-6-4-9(5-7-10)14(2)11(13(17)18)8-12(15)16/h4-7,11H,3,8H2,1-2H3,(H,15,16)(H,17,18). The van der Waals surface area contributed by atoms with Crippen LogP contribution in [0.3, 0.4) is 0 Å². The molecule has 0 bridgehead atoms. The number of rotatable bonds is 7. The van der Waals surface area contributed by atoms with Gasteiger partial charge < -0.3 is 19.8 Å². The maximum atomic E-state index is 11.1. The molecule has 1 atom stereocenters. The largest absolute Gasteiger partial charge is 0.494 e. The lowest BCUT2D eigenvalue weighted by Gasteiger charge is -2.25. The van der Waals surface area contributed by atoms with Crippen molar-refractivity contribution >= 4 is 17.6 Å². The van der Waals surface area contributed by atoms with Gasteiger partial charge in [0.25, 0.3) is 0 Å². The first kappa shape index (κ1) is 14.8. The lowest BCUT2D eigenvalue weighted by atomic mass is 10.1. The predicted octanol–water partition coefficient (Wildman–Crippen LogP) is 1.45. The first-order valence-electron chi connectivity index (χ1n) is 5.86. The highest BCUT2D eigenvalue weighted by Crippen LogP contribution is 2.21. The molecule has 1 aromatic rings. The van der Waals surface area contributed by atoms with Crippen LogP contribution < -0.4 is 9.64 Å². The van der Waals surface area contributed by atoms with Gasteiger partial charge >= 0.3 is 11.9 Å². The van der Waals surface area contributed by atoms with Crippen LogP contribution in [-0.2, 0) is 9.59 Å². The van der Waals surface area contributed by atoms with Crippen LogP contribution in [0.1, 0.15) is 13.3 Å². The van der Waals surface area contributed by atoms with Gasteiger partial charge in [-0.3, -0.25) is 4.79 Å². The molecule has 0 aliphatic carbocycles. The molecule has 0 saturated carbocycles. The number of ether oxygens (including phenoxy) is 1. The molecular weight excluding hydrogens is 250 g/mol. The van der Waals surface area contributed by atoms with E-state index in [0.717, 1.165) is 0 Å². The van der Waals surface area contributed by atoms with Gasteiger partial charge in [0, 0.05) is 12.7 Å². The van der Waals surface area contributed by atoms with Crippen molar-refractivity contribution in [3.8, 4) is 5.75 Å². The molecule has 0 saturated heterocycles. The Bertz CT molecular complexity index is 443. The monoisotopic (exact) mass is 267 g/mol. The number of anilines is 1. The van der Waals surface area contributed by atoms with E-state index in [-0.39, 0.29) is 0 Å². The zero-order valence-electron chi connectivity index (χ0n) is 10.9. The van der Waals surface area contributed by atoms with Crippen LogP contribution >= 0.6 is 0 Å². The smallest absolute Gasteiger partial charge is 0.326 e. The molecule has 2 N–H and O–H groups in total. The normalized spacial score (nSPS) is 11.7. The van der Waals surface area contributed by atoms with Crippen molar-refractivity contribution in [3.05, 3.63) is 24.3 Å². The lowest BCUT2D eigenvalue weighted by Crippen LogP contribution is -2.40. The minimum absolute atomic E-state index is 0.459. The van der Waals surface area contributed by atoms with E-state index in [1.165, 1.54) is 4.90 Å². The average Bonchev–Trinajstić information content (AvgIpc) is 2.36. The number of nitrogens with zero attached hydrogens (tertiary/aromatic N) is 1. The topological polar surface area (TPSA) is 87.1 Å². The van der Waals surface area contributed by atoms with Gasteiger partial charge in [-0.25, -0.2) is 4.79 Å². The molecule has 19 heavy (non-hydrogen) atoms. The molecule has 0 spiro atoms. The zero-order valence-corrected chi connectivity index (χ0v) is 10.9. The summed E-state index contributed by atoms with van der Waals surface area (Å²) in [6.07, 6.45) is -0.459. The molecule has 0 fully saturated rings. The van der Waals surface area contributed by atoms with Crippen molar-refractivity contribution in [2.75, 3.05) is 18.6 Å². The molecule has 1 unspecified atom stereocenters. The highest BCUT2D eigenvalue weighted by molar-refractivity contribution is 5.84. The van der Waals surface area contributed by atoms with Gasteiger partial charge in [0.1, 0.15) is 11.8 Å². The third-order valence-corrected chi connectivity index (χ3v) is 2.68. The molecule has 6 nitrogen and oxygen atoms in total. The van der Waals surface area contributed by atoms with Crippen molar-refractivity contribution in [1.29, 1.82) is 0 Å². The van der Waals surface area contributed by atoms with Gasteiger partial charge in [0.15, 0.2) is 0 Å². The van der Waals surface area contributed by atoms with Gasteiger partial charge in [0.05, 0.1) is 13.0 Å². The fourth-order valence-electron chi connectivity index (χ4n) is 1.68. The average molecular weight is 267 g/mol. The highest BCUT2D eigenvalue weighted by atomic mass is 16.5. The third kappa shape index (κ3) is 4.17. The summed E-state index contributed by atoms with van der Waals surface area (Å²) in [5.74, 6) is -1.63. The molecule has 0 aliphatic heterocycles. The van der Waals surface area contributed by atoms with Crippen molar-refractivity contribution in [3.63, 3.8) is 0 Å². The zero-order chi connectivity index (χ0) is 14.4. The van der Waals surface area contributed by atoms with Gasteiger partial charge in [-0.2, -0.15) is 0 Å². The van der Waals surface area contributed by atoms with E-state index in [1.807, 2.05) is 6.92 Å². The van der Waals surface area contributed by atoms with Crippen molar-refractivity contribution in [2.45, 2.75) is 19.4 Å². The van der Waals surface area contributed by atoms with E-state index < -0.39 is 24.4 Å².